The number of alkyl halides is 6. The second-order valence-corrected chi connectivity index (χ2v) is 5.29. The van der Waals surface area contributed by atoms with Crippen LogP contribution in [0.3, 0.4) is 0 Å². The molecule has 0 radical (unpaired) electrons. The molecular weight excluding hydrogens is 328 g/mol. The lowest BCUT2D eigenvalue weighted by Gasteiger charge is -2.30. The highest BCUT2D eigenvalue weighted by Crippen LogP contribution is 2.36. The van der Waals surface area contributed by atoms with Gasteiger partial charge in [-0.05, 0) is 30.2 Å². The Balaban J connectivity index is 2.17. The molecule has 1 aromatic rings. The molecule has 2 rings (SSSR count). The fraction of sp³-hybridized carbons (Fsp3) is 0.571. The zero-order valence-electron chi connectivity index (χ0n) is 11.9. The van der Waals surface area contributed by atoms with Crippen molar-refractivity contribution >= 4 is 0 Å². The van der Waals surface area contributed by atoms with Crippen molar-refractivity contribution in [3.8, 4) is 0 Å². The van der Waals surface area contributed by atoms with Crippen molar-refractivity contribution in [3.63, 3.8) is 0 Å². The lowest BCUT2D eigenvalue weighted by atomic mass is 10.0. The maximum atomic E-state index is 12.8. The lowest BCUT2D eigenvalue weighted by molar-refractivity contribution is -0.145. The van der Waals surface area contributed by atoms with Crippen molar-refractivity contribution in [2.45, 2.75) is 25.1 Å². The third kappa shape index (κ3) is 5.08. The van der Waals surface area contributed by atoms with E-state index in [-0.39, 0.29) is 37.7 Å². The molecule has 1 aromatic carbocycles. The molecule has 1 heterocycles. The molecule has 0 aromatic heterocycles. The Hall–Kier alpha value is -1.32. The molecule has 0 saturated carbocycles. The smallest absolute Gasteiger partial charge is 0.367 e. The number of halogens is 6. The van der Waals surface area contributed by atoms with E-state index >= 15 is 0 Å². The Morgan fingerprint density at radius 2 is 1.61 bits per heavy atom. The first-order chi connectivity index (χ1) is 10.6. The van der Waals surface area contributed by atoms with E-state index in [0.717, 1.165) is 12.1 Å². The van der Waals surface area contributed by atoms with Gasteiger partial charge in [-0.25, -0.2) is 0 Å². The van der Waals surface area contributed by atoms with Crippen LogP contribution in [0, 0.1) is 0 Å². The maximum Gasteiger partial charge on any atom is 0.416 e. The molecule has 1 N–H and O–H groups in total. The van der Waals surface area contributed by atoms with Crippen molar-refractivity contribution in [1.82, 2.24) is 4.90 Å². The predicted molar refractivity (Wildman–Crippen MR) is 68.5 cm³/mol. The Labute approximate surface area is 128 Å². The van der Waals surface area contributed by atoms with E-state index in [1.54, 1.807) is 4.90 Å². The number of rotatable bonds is 3. The SMILES string of the molecule is O[C@H]1CN(CCc2cc(C(F)(F)F)cc(C(F)(F)F)c2)CCO1. The molecule has 1 aliphatic rings. The highest BCUT2D eigenvalue weighted by molar-refractivity contribution is 5.33. The first-order valence-electron chi connectivity index (χ1n) is 6.86. The van der Waals surface area contributed by atoms with Gasteiger partial charge in [-0.2, -0.15) is 26.3 Å². The monoisotopic (exact) mass is 343 g/mol. The van der Waals surface area contributed by atoms with E-state index in [1.807, 2.05) is 0 Å². The van der Waals surface area contributed by atoms with Crippen LogP contribution in [0.4, 0.5) is 26.3 Å². The van der Waals surface area contributed by atoms with Gasteiger partial charge in [-0.3, -0.25) is 4.90 Å². The number of β-amino-alcohol motifs (C(OH)–C–C–N with tert-alkyl or cyclic N) is 1. The molecule has 9 heteroatoms. The summed E-state index contributed by atoms with van der Waals surface area (Å²) in [7, 11) is 0. The number of hydrogen-bond donors (Lipinski definition) is 1. The summed E-state index contributed by atoms with van der Waals surface area (Å²) >= 11 is 0. The minimum absolute atomic E-state index is 0.0136. The first kappa shape index (κ1) is 18.0. The van der Waals surface area contributed by atoms with Crippen molar-refractivity contribution < 1.29 is 36.2 Å². The fourth-order valence-electron chi connectivity index (χ4n) is 2.34. The quantitative estimate of drug-likeness (QED) is 0.857. The maximum absolute atomic E-state index is 12.8. The molecule has 0 spiro atoms. The number of aliphatic hydroxyl groups excluding tert-OH is 1. The second kappa shape index (κ2) is 6.66. The summed E-state index contributed by atoms with van der Waals surface area (Å²) in [5.74, 6) is 0. The molecule has 0 unspecified atom stereocenters. The Kier molecular flexibility index (Phi) is 5.22. The molecule has 1 aliphatic heterocycles. The van der Waals surface area contributed by atoms with E-state index < -0.39 is 29.8 Å². The number of ether oxygens (including phenoxy) is 1. The molecular formula is C14H15F6NO2. The van der Waals surface area contributed by atoms with Gasteiger partial charge in [-0.1, -0.05) is 0 Å². The molecule has 3 nitrogen and oxygen atoms in total. The van der Waals surface area contributed by atoms with Crippen LogP contribution >= 0.6 is 0 Å². The summed E-state index contributed by atoms with van der Waals surface area (Å²) in [6, 6.07) is 1.57. The molecule has 0 aliphatic carbocycles. The van der Waals surface area contributed by atoms with Gasteiger partial charge < -0.3 is 9.84 Å². The third-order valence-corrected chi connectivity index (χ3v) is 3.50. The zero-order chi connectivity index (χ0) is 17.3. The summed E-state index contributed by atoms with van der Waals surface area (Å²) in [4.78, 5) is 1.72. The van der Waals surface area contributed by atoms with Crippen LogP contribution in [-0.2, 0) is 23.5 Å². The van der Waals surface area contributed by atoms with E-state index in [1.165, 1.54) is 0 Å². The van der Waals surface area contributed by atoms with Crippen LogP contribution in [0.5, 0.6) is 0 Å². The van der Waals surface area contributed by atoms with Gasteiger partial charge in [0.15, 0.2) is 6.29 Å². The molecule has 1 fully saturated rings. The summed E-state index contributed by atoms with van der Waals surface area (Å²) in [5.41, 5.74) is -2.68. The van der Waals surface area contributed by atoms with Gasteiger partial charge in [0.25, 0.3) is 0 Å². The number of morpholine rings is 1. The highest BCUT2D eigenvalue weighted by atomic mass is 19.4. The molecule has 23 heavy (non-hydrogen) atoms. The number of hydrogen-bond acceptors (Lipinski definition) is 3. The predicted octanol–water partition coefficient (Wildman–Crippen LogP) is 2.92. The molecule has 130 valence electrons. The number of nitrogens with zero attached hydrogens (tertiary/aromatic N) is 1. The largest absolute Gasteiger partial charge is 0.416 e. The van der Waals surface area contributed by atoms with Gasteiger partial charge in [0.1, 0.15) is 0 Å². The van der Waals surface area contributed by atoms with Crippen LogP contribution in [0.1, 0.15) is 16.7 Å². The number of aliphatic hydroxyl groups is 1. The molecule has 0 amide bonds. The van der Waals surface area contributed by atoms with Crippen molar-refractivity contribution in [1.29, 1.82) is 0 Å². The summed E-state index contributed by atoms with van der Waals surface area (Å²) in [6.45, 7) is 1.13. The topological polar surface area (TPSA) is 32.7 Å². The normalized spacial score (nSPS) is 20.7. The average molecular weight is 343 g/mol. The van der Waals surface area contributed by atoms with Crippen LogP contribution in [-0.4, -0.2) is 42.5 Å². The summed E-state index contributed by atoms with van der Waals surface area (Å²) in [6.07, 6.45) is -10.7. The van der Waals surface area contributed by atoms with Crippen molar-refractivity contribution in [3.05, 3.63) is 34.9 Å². The lowest BCUT2D eigenvalue weighted by Crippen LogP contribution is -2.43. The second-order valence-electron chi connectivity index (χ2n) is 5.29. The van der Waals surface area contributed by atoms with Crippen LogP contribution in [0.2, 0.25) is 0 Å². The number of benzene rings is 1. The Bertz CT molecular complexity index is 511. The van der Waals surface area contributed by atoms with Crippen molar-refractivity contribution in [2.24, 2.45) is 0 Å². The zero-order valence-corrected chi connectivity index (χ0v) is 11.9. The van der Waals surface area contributed by atoms with E-state index in [9.17, 15) is 31.4 Å². The molecule has 0 bridgehead atoms. The summed E-state index contributed by atoms with van der Waals surface area (Å²) < 4.78 is 81.4. The Morgan fingerprint density at radius 3 is 2.09 bits per heavy atom. The fourth-order valence-corrected chi connectivity index (χ4v) is 2.34. The Morgan fingerprint density at radius 1 is 1.04 bits per heavy atom. The standard InChI is InChI=1S/C14H15F6NO2/c15-13(16,17)10-5-9(6-11(7-10)14(18,19)20)1-2-21-3-4-23-12(22)8-21/h5-7,12,22H,1-4,8H2/t12-/m1/s1. The highest BCUT2D eigenvalue weighted by Gasteiger charge is 2.36. The molecule has 1 atom stereocenters. The minimum atomic E-state index is -4.84. The average Bonchev–Trinajstić information content (AvgIpc) is 2.43. The van der Waals surface area contributed by atoms with Crippen LogP contribution < -0.4 is 0 Å². The van der Waals surface area contributed by atoms with Gasteiger partial charge in [0.2, 0.25) is 0 Å². The first-order valence-corrected chi connectivity index (χ1v) is 6.86. The van der Waals surface area contributed by atoms with E-state index in [0.29, 0.717) is 6.54 Å². The minimum Gasteiger partial charge on any atom is -0.367 e. The molecule has 1 saturated heterocycles. The van der Waals surface area contributed by atoms with E-state index in [2.05, 4.69) is 0 Å². The van der Waals surface area contributed by atoms with E-state index in [4.69, 9.17) is 4.74 Å². The third-order valence-electron chi connectivity index (χ3n) is 3.50. The van der Waals surface area contributed by atoms with Gasteiger partial charge in [0.05, 0.1) is 17.7 Å². The van der Waals surface area contributed by atoms with Crippen LogP contribution in [0.15, 0.2) is 18.2 Å². The summed E-state index contributed by atoms with van der Waals surface area (Å²) in [5, 5.41) is 9.32. The van der Waals surface area contributed by atoms with Gasteiger partial charge in [-0.15, -0.1) is 0 Å². The van der Waals surface area contributed by atoms with Crippen molar-refractivity contribution in [2.75, 3.05) is 26.2 Å². The van der Waals surface area contributed by atoms with Gasteiger partial charge in [0, 0.05) is 19.6 Å². The van der Waals surface area contributed by atoms with Crippen LogP contribution in [0.25, 0.3) is 0 Å². The van der Waals surface area contributed by atoms with Gasteiger partial charge >= 0.3 is 12.4 Å².